The van der Waals surface area contributed by atoms with Gasteiger partial charge < -0.3 is 15.2 Å². The van der Waals surface area contributed by atoms with E-state index in [-0.39, 0.29) is 12.1 Å². The van der Waals surface area contributed by atoms with Crippen molar-refractivity contribution in [1.82, 2.24) is 5.32 Å². The molecule has 1 aliphatic rings. The Hall–Kier alpha value is -0.120. The summed E-state index contributed by atoms with van der Waals surface area (Å²) in [6.45, 7) is 6.44. The smallest absolute Gasteiger partial charge is 0.0615 e. The Morgan fingerprint density at radius 2 is 2.28 bits per heavy atom. The summed E-state index contributed by atoms with van der Waals surface area (Å²) in [5.41, 5.74) is -0.0433. The van der Waals surface area contributed by atoms with Crippen LogP contribution in [0.15, 0.2) is 0 Å². The molecule has 0 aliphatic heterocycles. The van der Waals surface area contributed by atoms with Crippen LogP contribution < -0.4 is 5.32 Å². The summed E-state index contributed by atoms with van der Waals surface area (Å²) >= 11 is 0. The summed E-state index contributed by atoms with van der Waals surface area (Å²) < 4.78 is 5.78. The van der Waals surface area contributed by atoms with Crippen molar-refractivity contribution < 1.29 is 9.84 Å². The van der Waals surface area contributed by atoms with Gasteiger partial charge in [0.15, 0.2) is 0 Å². The lowest BCUT2D eigenvalue weighted by molar-refractivity contribution is 0.0669. The van der Waals surface area contributed by atoms with Crippen molar-refractivity contribution in [1.29, 1.82) is 0 Å². The fourth-order valence-corrected chi connectivity index (χ4v) is 3.27. The second-order valence-corrected chi connectivity index (χ2v) is 5.91. The van der Waals surface area contributed by atoms with Gasteiger partial charge in [-0.15, -0.1) is 0 Å². The predicted molar refractivity (Wildman–Crippen MR) is 75.7 cm³/mol. The van der Waals surface area contributed by atoms with Crippen LogP contribution in [0.2, 0.25) is 0 Å². The largest absolute Gasteiger partial charge is 0.394 e. The highest BCUT2D eigenvalue weighted by Crippen LogP contribution is 2.37. The minimum absolute atomic E-state index is 0.0433. The maximum atomic E-state index is 9.60. The predicted octanol–water partition coefficient (Wildman–Crippen LogP) is 2.58. The number of hydrogen-bond donors (Lipinski definition) is 2. The van der Waals surface area contributed by atoms with Crippen LogP contribution in [0.25, 0.3) is 0 Å². The summed E-state index contributed by atoms with van der Waals surface area (Å²) in [7, 11) is 1.97. The number of hydrogen-bond acceptors (Lipinski definition) is 3. The number of aliphatic hydroxyl groups excluding tert-OH is 1. The molecule has 1 fully saturated rings. The molecule has 3 unspecified atom stereocenters. The van der Waals surface area contributed by atoms with Gasteiger partial charge in [0.2, 0.25) is 0 Å². The van der Waals surface area contributed by atoms with E-state index in [1.165, 1.54) is 25.7 Å². The molecular formula is C15H31NO2. The van der Waals surface area contributed by atoms with E-state index in [4.69, 9.17) is 4.74 Å². The zero-order valence-corrected chi connectivity index (χ0v) is 12.4. The fourth-order valence-electron chi connectivity index (χ4n) is 3.27. The molecule has 0 heterocycles. The topological polar surface area (TPSA) is 41.5 Å². The lowest BCUT2D eigenvalue weighted by atomic mass is 9.86. The van der Waals surface area contributed by atoms with Crippen LogP contribution in [0.3, 0.4) is 0 Å². The minimum atomic E-state index is -0.0433. The Kier molecular flexibility index (Phi) is 7.20. The first-order chi connectivity index (χ1) is 8.68. The number of nitrogens with one attached hydrogen (secondary N) is 1. The van der Waals surface area contributed by atoms with Gasteiger partial charge in [-0.3, -0.25) is 0 Å². The Balaban J connectivity index is 2.22. The molecule has 1 rings (SSSR count). The molecule has 3 atom stereocenters. The molecule has 1 saturated carbocycles. The molecule has 18 heavy (non-hydrogen) atoms. The minimum Gasteiger partial charge on any atom is -0.394 e. The van der Waals surface area contributed by atoms with Crippen LogP contribution in [0.1, 0.15) is 52.4 Å². The second kappa shape index (κ2) is 8.13. The molecule has 3 nitrogen and oxygen atoms in total. The summed E-state index contributed by atoms with van der Waals surface area (Å²) in [5.74, 6) is 1.24. The van der Waals surface area contributed by atoms with E-state index in [0.717, 1.165) is 26.1 Å². The third kappa shape index (κ3) is 4.22. The third-order valence-corrected chi connectivity index (χ3v) is 4.53. The molecule has 0 radical (unpaired) electrons. The average Bonchev–Trinajstić information content (AvgIpc) is 2.78. The standard InChI is InChI=1S/C15H31NO2/c1-4-6-13(2)11-18-10-8-14-7-5-9-15(14,12-17)16-3/h13-14,16-17H,4-12H2,1-3H3. The molecule has 0 aromatic carbocycles. The van der Waals surface area contributed by atoms with Crippen molar-refractivity contribution >= 4 is 0 Å². The van der Waals surface area contributed by atoms with Crippen molar-refractivity contribution in [2.24, 2.45) is 11.8 Å². The van der Waals surface area contributed by atoms with Crippen LogP contribution in [-0.2, 0) is 4.74 Å². The first-order valence-electron chi connectivity index (χ1n) is 7.56. The highest BCUT2D eigenvalue weighted by atomic mass is 16.5. The van der Waals surface area contributed by atoms with Crippen LogP contribution in [0.5, 0.6) is 0 Å². The highest BCUT2D eigenvalue weighted by molar-refractivity contribution is 4.97. The normalized spacial score (nSPS) is 29.7. The molecule has 0 bridgehead atoms. The van der Waals surface area contributed by atoms with Gasteiger partial charge >= 0.3 is 0 Å². The Morgan fingerprint density at radius 1 is 1.50 bits per heavy atom. The molecular weight excluding hydrogens is 226 g/mol. The van der Waals surface area contributed by atoms with E-state index in [2.05, 4.69) is 19.2 Å². The SMILES string of the molecule is CCCC(C)COCCC1CCCC1(CO)NC. The monoisotopic (exact) mass is 257 g/mol. The van der Waals surface area contributed by atoms with E-state index < -0.39 is 0 Å². The lowest BCUT2D eigenvalue weighted by Gasteiger charge is -2.33. The molecule has 0 spiro atoms. The van der Waals surface area contributed by atoms with Crippen LogP contribution in [0, 0.1) is 11.8 Å². The molecule has 0 amide bonds. The van der Waals surface area contributed by atoms with Crippen LogP contribution in [-0.4, -0.2) is 37.5 Å². The highest BCUT2D eigenvalue weighted by Gasteiger charge is 2.40. The third-order valence-electron chi connectivity index (χ3n) is 4.53. The van der Waals surface area contributed by atoms with Gasteiger partial charge in [-0.1, -0.05) is 26.7 Å². The Bertz CT molecular complexity index is 217. The van der Waals surface area contributed by atoms with E-state index in [0.29, 0.717) is 11.8 Å². The molecule has 0 aromatic heterocycles. The first-order valence-corrected chi connectivity index (χ1v) is 7.56. The van der Waals surface area contributed by atoms with Gasteiger partial charge in [-0.05, 0) is 44.6 Å². The van der Waals surface area contributed by atoms with E-state index in [9.17, 15) is 5.11 Å². The maximum absolute atomic E-state index is 9.60. The molecule has 0 saturated heterocycles. The van der Waals surface area contributed by atoms with Gasteiger partial charge in [0.05, 0.1) is 6.61 Å². The van der Waals surface area contributed by atoms with E-state index >= 15 is 0 Å². The van der Waals surface area contributed by atoms with Crippen molar-refractivity contribution in [3.63, 3.8) is 0 Å². The van der Waals surface area contributed by atoms with Gasteiger partial charge in [0.1, 0.15) is 0 Å². The molecule has 108 valence electrons. The second-order valence-electron chi connectivity index (χ2n) is 5.91. The van der Waals surface area contributed by atoms with Crippen LogP contribution in [0.4, 0.5) is 0 Å². The van der Waals surface area contributed by atoms with Gasteiger partial charge in [-0.2, -0.15) is 0 Å². The van der Waals surface area contributed by atoms with Gasteiger partial charge in [-0.25, -0.2) is 0 Å². The van der Waals surface area contributed by atoms with Crippen molar-refractivity contribution in [3.05, 3.63) is 0 Å². The summed E-state index contributed by atoms with van der Waals surface area (Å²) in [4.78, 5) is 0. The van der Waals surface area contributed by atoms with Crippen molar-refractivity contribution in [3.8, 4) is 0 Å². The fraction of sp³-hybridized carbons (Fsp3) is 1.00. The zero-order valence-electron chi connectivity index (χ0n) is 12.4. The number of rotatable bonds is 9. The lowest BCUT2D eigenvalue weighted by Crippen LogP contribution is -2.49. The molecule has 0 aromatic rings. The van der Waals surface area contributed by atoms with E-state index in [1.54, 1.807) is 0 Å². The quantitative estimate of drug-likeness (QED) is 0.624. The summed E-state index contributed by atoms with van der Waals surface area (Å²) in [5, 5.41) is 12.9. The zero-order chi connectivity index (χ0) is 13.4. The van der Waals surface area contributed by atoms with Crippen LogP contribution >= 0.6 is 0 Å². The number of aliphatic hydroxyl groups is 1. The van der Waals surface area contributed by atoms with Crippen molar-refractivity contribution in [2.75, 3.05) is 26.9 Å². The molecule has 3 heteroatoms. The first kappa shape index (κ1) is 15.9. The average molecular weight is 257 g/mol. The number of ether oxygens (including phenoxy) is 1. The van der Waals surface area contributed by atoms with Crippen molar-refractivity contribution in [2.45, 2.75) is 57.9 Å². The Morgan fingerprint density at radius 3 is 2.89 bits per heavy atom. The summed E-state index contributed by atoms with van der Waals surface area (Å²) in [6, 6.07) is 0. The number of likely N-dealkylation sites (N-methyl/N-ethyl adjacent to an activating group) is 1. The molecule has 2 N–H and O–H groups in total. The maximum Gasteiger partial charge on any atom is 0.0615 e. The van der Waals surface area contributed by atoms with E-state index in [1.807, 2.05) is 7.05 Å². The Labute approximate surface area is 112 Å². The summed E-state index contributed by atoms with van der Waals surface area (Å²) in [6.07, 6.45) is 7.09. The van der Waals surface area contributed by atoms with Gasteiger partial charge in [0.25, 0.3) is 0 Å². The van der Waals surface area contributed by atoms with Gasteiger partial charge in [0, 0.05) is 18.8 Å². The molecule has 1 aliphatic carbocycles.